The van der Waals surface area contributed by atoms with Crippen LogP contribution in [-0.2, 0) is 27.1 Å². The van der Waals surface area contributed by atoms with Gasteiger partial charge in [-0.3, -0.25) is 0 Å². The Morgan fingerprint density at radius 1 is 1.17 bits per heavy atom. The number of benzene rings is 2. The van der Waals surface area contributed by atoms with E-state index in [2.05, 4.69) is 31.9 Å². The summed E-state index contributed by atoms with van der Waals surface area (Å²) in [6.45, 7) is 6.11. The summed E-state index contributed by atoms with van der Waals surface area (Å²) in [7, 11) is 3.59. The number of hydrogen-bond donors (Lipinski definition) is 0. The molecule has 6 nitrogen and oxygen atoms in total. The molecule has 0 amide bonds. The molecule has 2 aromatic carbocycles. The van der Waals surface area contributed by atoms with Crippen molar-refractivity contribution < 1.29 is 28.1 Å². The molecule has 1 aliphatic heterocycles. The lowest BCUT2D eigenvalue weighted by Gasteiger charge is -2.47. The van der Waals surface area contributed by atoms with Crippen LogP contribution < -0.4 is 9.47 Å². The van der Waals surface area contributed by atoms with E-state index in [0.29, 0.717) is 19.3 Å². The maximum Gasteiger partial charge on any atom is 0.332 e. The first-order chi connectivity index (χ1) is 16.8. The zero-order valence-corrected chi connectivity index (χ0v) is 21.1. The topological polar surface area (TPSA) is 57.2 Å². The van der Waals surface area contributed by atoms with Gasteiger partial charge in [-0.2, -0.15) is 0 Å². The average Bonchev–Trinajstić information content (AvgIpc) is 3.29. The second-order valence-corrected chi connectivity index (χ2v) is 10.0. The van der Waals surface area contributed by atoms with Crippen LogP contribution in [0.4, 0.5) is 4.39 Å². The Balaban J connectivity index is 1.49. The zero-order chi connectivity index (χ0) is 25.0. The van der Waals surface area contributed by atoms with E-state index in [-0.39, 0.29) is 37.0 Å². The minimum absolute atomic E-state index is 0.0186. The molecule has 1 heterocycles. The number of carbonyl (C=O) groups is 1. The lowest BCUT2D eigenvalue weighted by Crippen LogP contribution is -2.49. The van der Waals surface area contributed by atoms with Gasteiger partial charge in [0, 0.05) is 32.5 Å². The predicted octanol–water partition coefficient (Wildman–Crippen LogP) is 4.73. The van der Waals surface area contributed by atoms with Crippen LogP contribution in [0.1, 0.15) is 49.3 Å². The number of likely N-dealkylation sites (N-methyl/N-ethyl adjacent to an activating group) is 1. The van der Waals surface area contributed by atoms with Crippen LogP contribution in [0.15, 0.2) is 36.4 Å². The lowest BCUT2D eigenvalue weighted by atomic mass is 9.65. The smallest absolute Gasteiger partial charge is 0.332 e. The van der Waals surface area contributed by atoms with Gasteiger partial charge in [-0.05, 0) is 73.2 Å². The van der Waals surface area contributed by atoms with E-state index in [1.807, 2.05) is 18.2 Å². The molecule has 35 heavy (non-hydrogen) atoms. The van der Waals surface area contributed by atoms with Gasteiger partial charge in [0.15, 0.2) is 11.5 Å². The fourth-order valence-corrected chi connectivity index (χ4v) is 5.57. The summed E-state index contributed by atoms with van der Waals surface area (Å²) in [6.07, 6.45) is 2.91. The lowest BCUT2D eigenvalue weighted by molar-refractivity contribution is -0.172. The maximum atomic E-state index is 14.0. The summed E-state index contributed by atoms with van der Waals surface area (Å²) in [5.41, 5.74) is 2.62. The number of ether oxygens (including phenoxy) is 4. The van der Waals surface area contributed by atoms with E-state index in [1.54, 1.807) is 6.07 Å². The highest BCUT2D eigenvalue weighted by atomic mass is 19.1. The van der Waals surface area contributed by atoms with Crippen molar-refractivity contribution in [2.75, 3.05) is 40.6 Å². The number of rotatable bonds is 10. The minimum Gasteiger partial charge on any atom is -0.457 e. The number of halogens is 1. The van der Waals surface area contributed by atoms with E-state index in [1.165, 1.54) is 18.7 Å². The third kappa shape index (κ3) is 5.78. The molecule has 0 fully saturated rings. The van der Waals surface area contributed by atoms with Crippen molar-refractivity contribution in [3.8, 4) is 11.5 Å². The summed E-state index contributed by atoms with van der Waals surface area (Å²) in [5, 5.41) is 0. The molecule has 2 aliphatic rings. The van der Waals surface area contributed by atoms with Crippen LogP contribution in [0.25, 0.3) is 0 Å². The van der Waals surface area contributed by atoms with Crippen molar-refractivity contribution in [1.82, 2.24) is 4.90 Å². The molecule has 0 N–H and O–H groups in total. The van der Waals surface area contributed by atoms with E-state index >= 15 is 0 Å². The van der Waals surface area contributed by atoms with E-state index in [4.69, 9.17) is 18.9 Å². The number of methoxy groups -OCH3 is 1. The molecule has 1 aliphatic carbocycles. The molecule has 0 radical (unpaired) electrons. The molecule has 0 spiro atoms. The van der Waals surface area contributed by atoms with Crippen LogP contribution >= 0.6 is 0 Å². The second kappa shape index (κ2) is 11.0. The Morgan fingerprint density at radius 2 is 1.97 bits per heavy atom. The standard InChI is InChI=1S/C28H36FNO5/c1-19(2)27-23-7-6-22(29)16-21(23)9-11-28(27,35-26(31)17-32-4)12-14-30(3)13-10-20-5-8-24-25(15-20)34-18-33-24/h5-8,15-16,19,27H,9-14,17-18H2,1-4H3/t27-,28-/m1/s1. The molecule has 2 atom stereocenters. The van der Waals surface area contributed by atoms with E-state index in [9.17, 15) is 9.18 Å². The summed E-state index contributed by atoms with van der Waals surface area (Å²) < 4.78 is 36.1. The first-order valence-electron chi connectivity index (χ1n) is 12.4. The van der Waals surface area contributed by atoms with Crippen LogP contribution in [0, 0.1) is 11.7 Å². The molecule has 190 valence electrons. The van der Waals surface area contributed by atoms with Crippen molar-refractivity contribution >= 4 is 5.97 Å². The highest BCUT2D eigenvalue weighted by Crippen LogP contribution is 2.48. The first-order valence-corrected chi connectivity index (χ1v) is 12.4. The maximum absolute atomic E-state index is 14.0. The molecule has 0 aromatic heterocycles. The summed E-state index contributed by atoms with van der Waals surface area (Å²) in [6, 6.07) is 11.1. The molecule has 0 saturated heterocycles. The number of esters is 1. The number of aryl methyl sites for hydroxylation is 1. The van der Waals surface area contributed by atoms with Crippen molar-refractivity contribution in [2.45, 2.75) is 51.0 Å². The Hall–Kier alpha value is -2.64. The Bertz CT molecular complexity index is 1040. The highest BCUT2D eigenvalue weighted by molar-refractivity contribution is 5.71. The fourth-order valence-electron chi connectivity index (χ4n) is 5.57. The molecule has 0 saturated carbocycles. The van der Waals surface area contributed by atoms with Crippen molar-refractivity contribution in [1.29, 1.82) is 0 Å². The molecule has 7 heteroatoms. The Morgan fingerprint density at radius 3 is 2.74 bits per heavy atom. The molecular weight excluding hydrogens is 449 g/mol. The normalized spacial score (nSPS) is 20.8. The number of fused-ring (bicyclic) bond motifs is 2. The Kier molecular flexibility index (Phi) is 7.97. The fraction of sp³-hybridized carbons (Fsp3) is 0.536. The third-order valence-electron chi connectivity index (χ3n) is 7.21. The molecular formula is C28H36FNO5. The van der Waals surface area contributed by atoms with Gasteiger partial charge in [0.1, 0.15) is 18.0 Å². The number of hydrogen-bond acceptors (Lipinski definition) is 6. The van der Waals surface area contributed by atoms with Gasteiger partial charge in [-0.1, -0.05) is 26.0 Å². The van der Waals surface area contributed by atoms with E-state index in [0.717, 1.165) is 42.1 Å². The highest BCUT2D eigenvalue weighted by Gasteiger charge is 2.47. The SMILES string of the molecule is COCC(=O)O[C@@]1(CCN(C)CCc2ccc3c(c2)OCO3)CCc2cc(F)ccc2[C@H]1C(C)C. The van der Waals surface area contributed by atoms with Crippen molar-refractivity contribution in [3.05, 3.63) is 58.9 Å². The number of carbonyl (C=O) groups excluding carboxylic acids is 1. The van der Waals surface area contributed by atoms with Gasteiger partial charge in [-0.15, -0.1) is 0 Å². The Labute approximate surface area is 207 Å². The zero-order valence-electron chi connectivity index (χ0n) is 21.1. The van der Waals surface area contributed by atoms with Gasteiger partial charge < -0.3 is 23.8 Å². The van der Waals surface area contributed by atoms with Gasteiger partial charge in [0.25, 0.3) is 0 Å². The van der Waals surface area contributed by atoms with Crippen molar-refractivity contribution in [3.63, 3.8) is 0 Å². The second-order valence-electron chi connectivity index (χ2n) is 10.0. The van der Waals surface area contributed by atoms with Crippen molar-refractivity contribution in [2.24, 2.45) is 5.92 Å². The van der Waals surface area contributed by atoms with Gasteiger partial charge >= 0.3 is 5.97 Å². The van der Waals surface area contributed by atoms with E-state index < -0.39 is 5.60 Å². The summed E-state index contributed by atoms with van der Waals surface area (Å²) in [5.74, 6) is 1.21. The molecule has 0 bridgehead atoms. The van der Waals surface area contributed by atoms with Gasteiger partial charge in [0.05, 0.1) is 0 Å². The third-order valence-corrected chi connectivity index (χ3v) is 7.21. The van der Waals surface area contributed by atoms with Crippen LogP contribution in [0.3, 0.4) is 0 Å². The van der Waals surface area contributed by atoms with Crippen LogP contribution in [-0.4, -0.2) is 57.1 Å². The van der Waals surface area contributed by atoms with Crippen LogP contribution in [0.2, 0.25) is 0 Å². The van der Waals surface area contributed by atoms with Gasteiger partial charge in [-0.25, -0.2) is 9.18 Å². The minimum atomic E-state index is -0.665. The molecule has 0 unspecified atom stereocenters. The number of nitrogens with zero attached hydrogens (tertiary/aromatic N) is 1. The largest absolute Gasteiger partial charge is 0.457 e. The summed E-state index contributed by atoms with van der Waals surface area (Å²) >= 11 is 0. The van der Waals surface area contributed by atoms with Crippen LogP contribution in [0.5, 0.6) is 11.5 Å². The first kappa shape index (κ1) is 25.5. The van der Waals surface area contributed by atoms with Gasteiger partial charge in [0.2, 0.25) is 6.79 Å². The average molecular weight is 486 g/mol. The summed E-state index contributed by atoms with van der Waals surface area (Å²) in [4.78, 5) is 14.9. The quantitative estimate of drug-likeness (QED) is 0.454. The molecule has 4 rings (SSSR count). The molecule has 2 aromatic rings. The predicted molar refractivity (Wildman–Crippen MR) is 131 cm³/mol. The monoisotopic (exact) mass is 485 g/mol.